The van der Waals surface area contributed by atoms with Crippen molar-refractivity contribution in [3.63, 3.8) is 0 Å². The van der Waals surface area contributed by atoms with Crippen molar-refractivity contribution in [1.29, 1.82) is 0 Å². The lowest BCUT2D eigenvalue weighted by molar-refractivity contribution is -0.139. The number of benzene rings is 2. The minimum absolute atomic E-state index is 0.106. The molecule has 7 heteroatoms. The van der Waals surface area contributed by atoms with Gasteiger partial charge in [-0.3, -0.25) is 4.79 Å². The van der Waals surface area contributed by atoms with E-state index in [0.717, 1.165) is 0 Å². The Labute approximate surface area is 150 Å². The summed E-state index contributed by atoms with van der Waals surface area (Å²) >= 11 is 0. The van der Waals surface area contributed by atoms with Crippen molar-refractivity contribution in [3.05, 3.63) is 58.4 Å². The molecule has 0 saturated heterocycles. The van der Waals surface area contributed by atoms with E-state index in [1.165, 1.54) is 25.3 Å². The highest BCUT2D eigenvalue weighted by Crippen LogP contribution is 2.25. The van der Waals surface area contributed by atoms with E-state index in [2.05, 4.69) is 5.32 Å². The predicted molar refractivity (Wildman–Crippen MR) is 93.2 cm³/mol. The number of carboxylic acids is 1. The average molecular weight is 361 g/mol. The normalized spacial score (nSPS) is 10.3. The lowest BCUT2D eigenvalue weighted by atomic mass is 10.0. The average Bonchev–Trinajstić information content (AvgIpc) is 2.58. The molecule has 2 aromatic rings. The second-order valence-electron chi connectivity index (χ2n) is 5.76. The fraction of sp³-hybridized carbons (Fsp3) is 0.263. The molecule has 6 nitrogen and oxygen atoms in total. The van der Waals surface area contributed by atoms with E-state index in [1.54, 1.807) is 26.0 Å². The zero-order valence-corrected chi connectivity index (χ0v) is 14.8. The van der Waals surface area contributed by atoms with Crippen LogP contribution in [0, 0.1) is 19.7 Å². The number of methoxy groups -OCH3 is 1. The standard InChI is InChI=1S/C19H20FNO5/c1-11-6-13(7-12(2)18(11)26-10-17(22)23)19(24)21-9-14-8-15(20)4-5-16(14)25-3/h4-8H,9-10H2,1-3H3,(H,21,24)(H,22,23). The summed E-state index contributed by atoms with van der Waals surface area (Å²) in [5.41, 5.74) is 2.23. The molecule has 0 heterocycles. The number of nitrogens with one attached hydrogen (secondary N) is 1. The zero-order chi connectivity index (χ0) is 19.3. The molecule has 0 radical (unpaired) electrons. The largest absolute Gasteiger partial charge is 0.496 e. The summed E-state index contributed by atoms with van der Waals surface area (Å²) in [6.45, 7) is 3.12. The second kappa shape index (κ2) is 8.33. The summed E-state index contributed by atoms with van der Waals surface area (Å²) < 4.78 is 23.8. The van der Waals surface area contributed by atoms with Crippen molar-refractivity contribution >= 4 is 11.9 Å². The zero-order valence-electron chi connectivity index (χ0n) is 14.8. The number of hydrogen-bond donors (Lipinski definition) is 2. The first-order chi connectivity index (χ1) is 12.3. The third-order valence-corrected chi connectivity index (χ3v) is 3.74. The number of aryl methyl sites for hydroxylation is 2. The Bertz CT molecular complexity index is 812. The van der Waals surface area contributed by atoms with Crippen LogP contribution in [0.15, 0.2) is 30.3 Å². The number of rotatable bonds is 7. The summed E-state index contributed by atoms with van der Waals surface area (Å²) in [6, 6.07) is 7.32. The molecule has 0 atom stereocenters. The third-order valence-electron chi connectivity index (χ3n) is 3.74. The molecule has 0 aliphatic rings. The highest BCUT2D eigenvalue weighted by atomic mass is 19.1. The van der Waals surface area contributed by atoms with Gasteiger partial charge in [-0.2, -0.15) is 0 Å². The number of hydrogen-bond acceptors (Lipinski definition) is 4. The Morgan fingerprint density at radius 2 is 1.81 bits per heavy atom. The number of carbonyl (C=O) groups excluding carboxylic acids is 1. The van der Waals surface area contributed by atoms with E-state index in [1.807, 2.05) is 0 Å². The number of carboxylic acid groups (broad SMARTS) is 1. The van der Waals surface area contributed by atoms with Crippen molar-refractivity contribution in [2.24, 2.45) is 0 Å². The van der Waals surface area contributed by atoms with Crippen LogP contribution in [0.1, 0.15) is 27.0 Å². The first-order valence-electron chi connectivity index (χ1n) is 7.88. The first kappa shape index (κ1) is 19.2. The van der Waals surface area contributed by atoms with Gasteiger partial charge in [0, 0.05) is 17.7 Å². The number of halogens is 1. The molecule has 26 heavy (non-hydrogen) atoms. The monoisotopic (exact) mass is 361 g/mol. The van der Waals surface area contributed by atoms with Crippen LogP contribution >= 0.6 is 0 Å². The van der Waals surface area contributed by atoms with Crippen LogP contribution in [0.5, 0.6) is 11.5 Å². The van der Waals surface area contributed by atoms with E-state index >= 15 is 0 Å². The van der Waals surface area contributed by atoms with Crippen molar-refractivity contribution in [3.8, 4) is 11.5 Å². The molecule has 138 valence electrons. The summed E-state index contributed by atoms with van der Waals surface area (Å²) in [6.07, 6.45) is 0. The minimum Gasteiger partial charge on any atom is -0.496 e. The van der Waals surface area contributed by atoms with Crippen LogP contribution in [0.2, 0.25) is 0 Å². The quantitative estimate of drug-likeness (QED) is 0.792. The molecule has 0 saturated carbocycles. The van der Waals surface area contributed by atoms with Crippen LogP contribution in [0.25, 0.3) is 0 Å². The number of carbonyl (C=O) groups is 2. The molecule has 0 fully saturated rings. The molecular formula is C19H20FNO5. The highest BCUT2D eigenvalue weighted by molar-refractivity contribution is 5.94. The topological polar surface area (TPSA) is 84.9 Å². The van der Waals surface area contributed by atoms with E-state index in [-0.39, 0.29) is 12.5 Å². The summed E-state index contributed by atoms with van der Waals surface area (Å²) in [5.74, 6) is -0.907. The highest BCUT2D eigenvalue weighted by Gasteiger charge is 2.14. The van der Waals surface area contributed by atoms with E-state index in [0.29, 0.717) is 33.8 Å². The molecule has 0 aromatic heterocycles. The maximum atomic E-state index is 13.4. The Kier molecular flexibility index (Phi) is 6.16. The van der Waals surface area contributed by atoms with Gasteiger partial charge in [0.05, 0.1) is 7.11 Å². The van der Waals surface area contributed by atoms with Crippen LogP contribution in [-0.2, 0) is 11.3 Å². The molecular weight excluding hydrogens is 341 g/mol. The number of aliphatic carboxylic acids is 1. The van der Waals surface area contributed by atoms with Crippen LogP contribution in [-0.4, -0.2) is 30.7 Å². The molecule has 0 spiro atoms. The van der Waals surface area contributed by atoms with Gasteiger partial charge < -0.3 is 19.9 Å². The van der Waals surface area contributed by atoms with Gasteiger partial charge in [0.25, 0.3) is 5.91 Å². The predicted octanol–water partition coefficient (Wildman–Crippen LogP) is 2.84. The molecule has 0 aliphatic heterocycles. The van der Waals surface area contributed by atoms with Crippen molar-refractivity contribution in [1.82, 2.24) is 5.32 Å². The van der Waals surface area contributed by atoms with E-state index < -0.39 is 18.4 Å². The van der Waals surface area contributed by atoms with Gasteiger partial charge in [0.15, 0.2) is 6.61 Å². The van der Waals surface area contributed by atoms with Crippen LogP contribution in [0.3, 0.4) is 0 Å². The molecule has 2 N–H and O–H groups in total. The third kappa shape index (κ3) is 4.72. The maximum absolute atomic E-state index is 13.4. The van der Waals surface area contributed by atoms with Crippen LogP contribution < -0.4 is 14.8 Å². The second-order valence-corrected chi connectivity index (χ2v) is 5.76. The Hall–Kier alpha value is -3.09. The summed E-state index contributed by atoms with van der Waals surface area (Å²) in [4.78, 5) is 23.0. The van der Waals surface area contributed by atoms with Gasteiger partial charge in [-0.15, -0.1) is 0 Å². The van der Waals surface area contributed by atoms with Gasteiger partial charge in [-0.25, -0.2) is 9.18 Å². The fourth-order valence-electron chi connectivity index (χ4n) is 2.61. The van der Waals surface area contributed by atoms with Gasteiger partial charge in [-0.1, -0.05) is 0 Å². The number of ether oxygens (including phenoxy) is 2. The lowest BCUT2D eigenvalue weighted by Gasteiger charge is -2.14. The molecule has 0 aliphatic carbocycles. The molecule has 0 bridgehead atoms. The maximum Gasteiger partial charge on any atom is 0.341 e. The molecule has 0 unspecified atom stereocenters. The first-order valence-corrected chi connectivity index (χ1v) is 7.88. The lowest BCUT2D eigenvalue weighted by Crippen LogP contribution is -2.23. The molecule has 1 amide bonds. The van der Waals surface area contributed by atoms with Crippen molar-refractivity contribution in [2.45, 2.75) is 20.4 Å². The smallest absolute Gasteiger partial charge is 0.341 e. The van der Waals surface area contributed by atoms with Gasteiger partial charge >= 0.3 is 5.97 Å². The van der Waals surface area contributed by atoms with E-state index in [9.17, 15) is 14.0 Å². The van der Waals surface area contributed by atoms with Gasteiger partial charge in [0.1, 0.15) is 17.3 Å². The number of amides is 1. The summed E-state index contributed by atoms with van der Waals surface area (Å²) in [5, 5.41) is 11.4. The Balaban J connectivity index is 2.13. The van der Waals surface area contributed by atoms with E-state index in [4.69, 9.17) is 14.6 Å². The SMILES string of the molecule is COc1ccc(F)cc1CNC(=O)c1cc(C)c(OCC(=O)O)c(C)c1. The fourth-order valence-corrected chi connectivity index (χ4v) is 2.61. The van der Waals surface area contributed by atoms with Crippen molar-refractivity contribution in [2.75, 3.05) is 13.7 Å². The van der Waals surface area contributed by atoms with Crippen LogP contribution in [0.4, 0.5) is 4.39 Å². The Morgan fingerprint density at radius 3 is 2.38 bits per heavy atom. The molecule has 2 aromatic carbocycles. The van der Waals surface area contributed by atoms with Gasteiger partial charge in [-0.05, 0) is 55.3 Å². The van der Waals surface area contributed by atoms with Gasteiger partial charge in [0.2, 0.25) is 0 Å². The summed E-state index contributed by atoms with van der Waals surface area (Å²) in [7, 11) is 1.47. The Morgan fingerprint density at radius 1 is 1.15 bits per heavy atom. The molecule has 2 rings (SSSR count). The minimum atomic E-state index is -1.07. The van der Waals surface area contributed by atoms with Crippen molar-refractivity contribution < 1.29 is 28.6 Å².